The van der Waals surface area contributed by atoms with E-state index in [2.05, 4.69) is 22.3 Å². The number of amides is 1. The molecular weight excluding hydrogens is 344 g/mol. The lowest BCUT2D eigenvalue weighted by Crippen LogP contribution is -2.43. The van der Waals surface area contributed by atoms with Crippen molar-refractivity contribution in [2.75, 3.05) is 46.1 Å². The Balaban J connectivity index is 1.46. The minimum absolute atomic E-state index is 0.110. The van der Waals surface area contributed by atoms with Gasteiger partial charge in [0.2, 0.25) is 0 Å². The minimum Gasteiger partial charge on any atom is -0.486 e. The normalized spacial score (nSPS) is 17.9. The highest BCUT2D eigenvalue weighted by Crippen LogP contribution is 2.30. The second-order valence-electron chi connectivity index (χ2n) is 6.64. The monoisotopic (exact) mass is 368 g/mol. The molecule has 6 heteroatoms. The first kappa shape index (κ1) is 17.8. The second kappa shape index (κ2) is 8.41. The average molecular weight is 368 g/mol. The van der Waals surface area contributed by atoms with E-state index in [0.29, 0.717) is 36.8 Å². The van der Waals surface area contributed by atoms with Gasteiger partial charge in [0.05, 0.1) is 19.3 Å². The number of ether oxygens (including phenoxy) is 3. The Morgan fingerprint density at radius 1 is 0.963 bits per heavy atom. The lowest BCUT2D eigenvalue weighted by molar-refractivity contribution is 0.0162. The number of hydrogen-bond acceptors (Lipinski definition) is 5. The standard InChI is InChI=1S/C21H24N2O4/c24-21(17-6-7-19-20(14-17)27-13-12-26-19)22-15-18(16-4-2-1-3-5-16)23-8-10-25-11-9-23/h1-7,14,18H,8-13,15H2,(H,22,24). The summed E-state index contributed by atoms with van der Waals surface area (Å²) in [6.07, 6.45) is 0. The third kappa shape index (κ3) is 4.23. The van der Waals surface area contributed by atoms with Gasteiger partial charge in [-0.05, 0) is 23.8 Å². The Hall–Kier alpha value is -2.57. The van der Waals surface area contributed by atoms with E-state index in [1.165, 1.54) is 5.56 Å². The Labute approximate surface area is 159 Å². The molecule has 1 amide bonds. The highest BCUT2D eigenvalue weighted by molar-refractivity contribution is 5.94. The molecule has 1 unspecified atom stereocenters. The van der Waals surface area contributed by atoms with Crippen LogP contribution in [0.25, 0.3) is 0 Å². The second-order valence-corrected chi connectivity index (χ2v) is 6.64. The molecule has 0 bridgehead atoms. The van der Waals surface area contributed by atoms with E-state index in [0.717, 1.165) is 26.3 Å². The summed E-state index contributed by atoms with van der Waals surface area (Å²) in [5.41, 5.74) is 1.77. The highest BCUT2D eigenvalue weighted by Gasteiger charge is 2.23. The predicted octanol–water partition coefficient (Wildman–Crippen LogP) is 2.26. The van der Waals surface area contributed by atoms with E-state index in [-0.39, 0.29) is 11.9 Å². The summed E-state index contributed by atoms with van der Waals surface area (Å²) in [7, 11) is 0. The molecule has 1 saturated heterocycles. The molecule has 0 saturated carbocycles. The molecule has 0 aliphatic carbocycles. The number of hydrogen-bond donors (Lipinski definition) is 1. The fraction of sp³-hybridized carbons (Fsp3) is 0.381. The van der Waals surface area contributed by atoms with Crippen molar-refractivity contribution in [2.24, 2.45) is 0 Å². The molecule has 2 aromatic rings. The van der Waals surface area contributed by atoms with E-state index in [9.17, 15) is 4.79 Å². The van der Waals surface area contributed by atoms with Crippen LogP contribution < -0.4 is 14.8 Å². The van der Waals surface area contributed by atoms with Crippen molar-refractivity contribution < 1.29 is 19.0 Å². The van der Waals surface area contributed by atoms with Gasteiger partial charge in [0.25, 0.3) is 5.91 Å². The third-order valence-electron chi connectivity index (χ3n) is 4.93. The smallest absolute Gasteiger partial charge is 0.251 e. The Morgan fingerprint density at radius 2 is 1.70 bits per heavy atom. The molecule has 2 aliphatic rings. The molecule has 2 aromatic carbocycles. The van der Waals surface area contributed by atoms with Crippen LogP contribution in [0.5, 0.6) is 11.5 Å². The maximum atomic E-state index is 12.7. The largest absolute Gasteiger partial charge is 0.486 e. The maximum absolute atomic E-state index is 12.7. The van der Waals surface area contributed by atoms with Crippen LogP contribution in [-0.4, -0.2) is 56.9 Å². The van der Waals surface area contributed by atoms with E-state index < -0.39 is 0 Å². The van der Waals surface area contributed by atoms with Crippen molar-refractivity contribution in [3.8, 4) is 11.5 Å². The third-order valence-corrected chi connectivity index (χ3v) is 4.93. The lowest BCUT2D eigenvalue weighted by atomic mass is 10.0. The Bertz CT molecular complexity index is 775. The van der Waals surface area contributed by atoms with Crippen LogP contribution in [0.3, 0.4) is 0 Å². The highest BCUT2D eigenvalue weighted by atomic mass is 16.6. The molecule has 1 fully saturated rings. The minimum atomic E-state index is -0.110. The van der Waals surface area contributed by atoms with Crippen LogP contribution in [0, 0.1) is 0 Å². The zero-order valence-electron chi connectivity index (χ0n) is 15.2. The zero-order valence-corrected chi connectivity index (χ0v) is 15.2. The van der Waals surface area contributed by atoms with Crippen molar-refractivity contribution in [3.05, 3.63) is 59.7 Å². The average Bonchev–Trinajstić information content (AvgIpc) is 2.75. The molecule has 1 atom stereocenters. The predicted molar refractivity (Wildman–Crippen MR) is 101 cm³/mol. The molecular formula is C21H24N2O4. The summed E-state index contributed by atoms with van der Waals surface area (Å²) in [5.74, 6) is 1.20. The van der Waals surface area contributed by atoms with Crippen LogP contribution in [0.2, 0.25) is 0 Å². The van der Waals surface area contributed by atoms with Gasteiger partial charge in [0.15, 0.2) is 11.5 Å². The SMILES string of the molecule is O=C(NCC(c1ccccc1)N1CCOCC1)c1ccc2c(c1)OCCO2. The molecule has 2 aliphatic heterocycles. The van der Waals surface area contributed by atoms with Crippen LogP contribution in [0.15, 0.2) is 48.5 Å². The number of nitrogens with one attached hydrogen (secondary N) is 1. The first-order valence-electron chi connectivity index (χ1n) is 9.36. The van der Waals surface area contributed by atoms with Crippen LogP contribution in [0.4, 0.5) is 0 Å². The number of morpholine rings is 1. The molecule has 1 N–H and O–H groups in total. The van der Waals surface area contributed by atoms with Gasteiger partial charge in [-0.3, -0.25) is 9.69 Å². The quantitative estimate of drug-likeness (QED) is 0.877. The van der Waals surface area contributed by atoms with E-state index in [1.807, 2.05) is 18.2 Å². The number of fused-ring (bicyclic) bond motifs is 1. The Kier molecular flexibility index (Phi) is 5.55. The van der Waals surface area contributed by atoms with Gasteiger partial charge in [-0.25, -0.2) is 0 Å². The van der Waals surface area contributed by atoms with E-state index in [4.69, 9.17) is 14.2 Å². The molecule has 0 radical (unpaired) electrons. The van der Waals surface area contributed by atoms with Crippen molar-refractivity contribution >= 4 is 5.91 Å². The van der Waals surface area contributed by atoms with Gasteiger partial charge in [-0.1, -0.05) is 30.3 Å². The number of carbonyl (C=O) groups is 1. The lowest BCUT2D eigenvalue weighted by Gasteiger charge is -2.35. The summed E-state index contributed by atoms with van der Waals surface area (Å²) >= 11 is 0. The molecule has 6 nitrogen and oxygen atoms in total. The van der Waals surface area contributed by atoms with Gasteiger partial charge in [-0.15, -0.1) is 0 Å². The molecule has 0 aromatic heterocycles. The molecule has 0 spiro atoms. The van der Waals surface area contributed by atoms with Crippen LogP contribution in [-0.2, 0) is 4.74 Å². The Morgan fingerprint density at radius 3 is 2.48 bits per heavy atom. The number of nitrogens with zero attached hydrogens (tertiary/aromatic N) is 1. The van der Waals surface area contributed by atoms with Crippen molar-refractivity contribution in [1.29, 1.82) is 0 Å². The summed E-state index contributed by atoms with van der Waals surface area (Å²) in [6.45, 7) is 4.75. The molecule has 27 heavy (non-hydrogen) atoms. The topological polar surface area (TPSA) is 60.0 Å². The summed E-state index contributed by atoms with van der Waals surface area (Å²) in [6, 6.07) is 15.7. The van der Waals surface area contributed by atoms with Gasteiger partial charge in [0.1, 0.15) is 13.2 Å². The summed E-state index contributed by atoms with van der Waals surface area (Å²) in [4.78, 5) is 15.1. The van der Waals surface area contributed by atoms with Crippen molar-refractivity contribution in [3.63, 3.8) is 0 Å². The van der Waals surface area contributed by atoms with Crippen molar-refractivity contribution in [1.82, 2.24) is 10.2 Å². The van der Waals surface area contributed by atoms with Gasteiger partial charge >= 0.3 is 0 Å². The van der Waals surface area contributed by atoms with E-state index in [1.54, 1.807) is 18.2 Å². The zero-order chi connectivity index (χ0) is 18.5. The van der Waals surface area contributed by atoms with Gasteiger partial charge < -0.3 is 19.5 Å². The number of rotatable bonds is 5. The fourth-order valence-electron chi connectivity index (χ4n) is 3.50. The van der Waals surface area contributed by atoms with Gasteiger partial charge in [-0.2, -0.15) is 0 Å². The first-order chi connectivity index (χ1) is 13.3. The first-order valence-corrected chi connectivity index (χ1v) is 9.36. The van der Waals surface area contributed by atoms with Crippen molar-refractivity contribution in [2.45, 2.75) is 6.04 Å². The molecule has 4 rings (SSSR count). The number of carbonyl (C=O) groups excluding carboxylic acids is 1. The molecule has 2 heterocycles. The fourth-order valence-corrected chi connectivity index (χ4v) is 3.50. The summed E-state index contributed by atoms with van der Waals surface area (Å²) < 4.78 is 16.6. The van der Waals surface area contributed by atoms with Gasteiger partial charge in [0, 0.05) is 25.2 Å². The van der Waals surface area contributed by atoms with Crippen LogP contribution >= 0.6 is 0 Å². The molecule has 142 valence electrons. The van der Waals surface area contributed by atoms with Crippen LogP contribution in [0.1, 0.15) is 22.0 Å². The maximum Gasteiger partial charge on any atom is 0.251 e. The van der Waals surface area contributed by atoms with E-state index >= 15 is 0 Å². The summed E-state index contributed by atoms with van der Waals surface area (Å²) in [5, 5.41) is 3.08. The number of benzene rings is 2.